The minimum atomic E-state index is -4.26. The van der Waals surface area contributed by atoms with Gasteiger partial charge in [0, 0.05) is 6.04 Å². The molecule has 1 aromatic carbocycles. The highest BCUT2D eigenvalue weighted by molar-refractivity contribution is 5.25. The van der Waals surface area contributed by atoms with E-state index in [9.17, 15) is 13.2 Å². The zero-order valence-electron chi connectivity index (χ0n) is 10.6. The third-order valence-corrected chi connectivity index (χ3v) is 3.86. The van der Waals surface area contributed by atoms with Gasteiger partial charge in [-0.05, 0) is 41.9 Å². The van der Waals surface area contributed by atoms with Crippen LogP contribution in [0.25, 0.3) is 0 Å². The lowest BCUT2D eigenvalue weighted by molar-refractivity contribution is -0.137. The van der Waals surface area contributed by atoms with Crippen molar-refractivity contribution in [2.24, 2.45) is 17.1 Å². The molecule has 0 aliphatic heterocycles. The summed E-state index contributed by atoms with van der Waals surface area (Å²) in [4.78, 5) is 0. The average Bonchev–Trinajstić information content (AvgIpc) is 2.87. The van der Waals surface area contributed by atoms with Crippen molar-refractivity contribution in [2.75, 3.05) is 0 Å². The monoisotopic (exact) mass is 257 g/mol. The predicted octanol–water partition coefficient (Wildman–Crippen LogP) is 3.62. The highest BCUT2D eigenvalue weighted by atomic mass is 19.4. The summed E-state index contributed by atoms with van der Waals surface area (Å²) in [5.74, 6) is 0.486. The fraction of sp³-hybridized carbons (Fsp3) is 0.571. The Morgan fingerprint density at radius 3 is 2.17 bits per heavy atom. The molecule has 2 rings (SSSR count). The molecule has 0 bridgehead atoms. The number of halogens is 3. The molecule has 4 heteroatoms. The maximum absolute atomic E-state index is 12.4. The van der Waals surface area contributed by atoms with E-state index in [1.165, 1.54) is 12.1 Å². The van der Waals surface area contributed by atoms with E-state index in [1.807, 2.05) is 0 Å². The molecule has 1 aliphatic rings. The molecule has 1 nitrogen and oxygen atoms in total. The van der Waals surface area contributed by atoms with Gasteiger partial charge in [0.1, 0.15) is 0 Å². The van der Waals surface area contributed by atoms with E-state index in [-0.39, 0.29) is 6.04 Å². The van der Waals surface area contributed by atoms with Crippen molar-refractivity contribution >= 4 is 0 Å². The molecule has 100 valence electrons. The highest BCUT2D eigenvalue weighted by Gasteiger charge is 2.48. The Hall–Kier alpha value is -1.03. The average molecular weight is 257 g/mol. The van der Waals surface area contributed by atoms with E-state index in [2.05, 4.69) is 13.8 Å². The molecule has 2 atom stereocenters. The Morgan fingerprint density at radius 2 is 1.78 bits per heavy atom. The summed E-state index contributed by atoms with van der Waals surface area (Å²) in [5, 5.41) is 0. The van der Waals surface area contributed by atoms with Gasteiger partial charge in [0.25, 0.3) is 0 Å². The second-order valence-corrected chi connectivity index (χ2v) is 5.86. The first-order chi connectivity index (χ1) is 8.20. The first kappa shape index (κ1) is 13.4. The number of rotatable bonds is 3. The van der Waals surface area contributed by atoms with Gasteiger partial charge in [-0.2, -0.15) is 13.2 Å². The maximum Gasteiger partial charge on any atom is 0.416 e. The fourth-order valence-corrected chi connectivity index (χ4v) is 2.48. The number of benzene rings is 1. The molecule has 18 heavy (non-hydrogen) atoms. The van der Waals surface area contributed by atoms with E-state index in [1.54, 1.807) is 0 Å². The first-order valence-corrected chi connectivity index (χ1v) is 6.12. The van der Waals surface area contributed by atoms with Crippen LogP contribution in [0.1, 0.15) is 31.4 Å². The number of hydrogen-bond acceptors (Lipinski definition) is 1. The Morgan fingerprint density at radius 1 is 1.28 bits per heavy atom. The summed E-state index contributed by atoms with van der Waals surface area (Å²) >= 11 is 0. The molecule has 0 saturated heterocycles. The topological polar surface area (TPSA) is 26.0 Å². The lowest BCUT2D eigenvalue weighted by Crippen LogP contribution is -2.27. The number of nitrogens with two attached hydrogens (primary N) is 1. The van der Waals surface area contributed by atoms with Crippen LogP contribution in [0.15, 0.2) is 24.3 Å². The summed E-state index contributed by atoms with van der Waals surface area (Å²) in [6.07, 6.45) is -2.51. The minimum absolute atomic E-state index is 0.0386. The lowest BCUT2D eigenvalue weighted by atomic mass is 9.97. The van der Waals surface area contributed by atoms with Gasteiger partial charge in [0.2, 0.25) is 0 Å². The SMILES string of the molecule is CC1(C)CC1C(N)Cc1ccc(C(F)(F)F)cc1. The largest absolute Gasteiger partial charge is 0.416 e. The molecule has 1 aliphatic carbocycles. The van der Waals surface area contributed by atoms with Gasteiger partial charge >= 0.3 is 6.18 Å². The fourth-order valence-electron chi connectivity index (χ4n) is 2.48. The normalized spacial score (nSPS) is 23.8. The second-order valence-electron chi connectivity index (χ2n) is 5.86. The van der Waals surface area contributed by atoms with Gasteiger partial charge in [0.05, 0.1) is 5.56 Å². The third kappa shape index (κ3) is 2.86. The van der Waals surface area contributed by atoms with E-state index < -0.39 is 11.7 Å². The van der Waals surface area contributed by atoms with Gasteiger partial charge < -0.3 is 5.73 Å². The summed E-state index contributed by atoms with van der Waals surface area (Å²) in [6, 6.07) is 5.34. The van der Waals surface area contributed by atoms with E-state index >= 15 is 0 Å². The standard InChI is InChI=1S/C14H18F3N/c1-13(2)8-11(13)12(18)7-9-3-5-10(6-4-9)14(15,16)17/h3-6,11-12H,7-8,18H2,1-2H3. The van der Waals surface area contributed by atoms with Crippen LogP contribution in [0.5, 0.6) is 0 Å². The quantitative estimate of drug-likeness (QED) is 0.879. The second kappa shape index (κ2) is 4.26. The molecule has 2 N–H and O–H groups in total. The molecular formula is C14H18F3N. The molecule has 1 aromatic rings. The highest BCUT2D eigenvalue weighted by Crippen LogP contribution is 2.53. The van der Waals surface area contributed by atoms with E-state index in [4.69, 9.17) is 5.73 Å². The van der Waals surface area contributed by atoms with Crippen LogP contribution in [0.3, 0.4) is 0 Å². The van der Waals surface area contributed by atoms with Crippen molar-refractivity contribution in [2.45, 2.75) is 38.9 Å². The number of hydrogen-bond donors (Lipinski definition) is 1. The maximum atomic E-state index is 12.4. The molecule has 0 aromatic heterocycles. The van der Waals surface area contributed by atoms with Gasteiger partial charge in [-0.25, -0.2) is 0 Å². The molecule has 0 amide bonds. The minimum Gasteiger partial charge on any atom is -0.327 e. The molecule has 0 spiro atoms. The van der Waals surface area contributed by atoms with Gasteiger partial charge in [-0.1, -0.05) is 26.0 Å². The van der Waals surface area contributed by atoms with Crippen LogP contribution in [0, 0.1) is 11.3 Å². The van der Waals surface area contributed by atoms with Crippen LogP contribution in [0.2, 0.25) is 0 Å². The predicted molar refractivity (Wildman–Crippen MR) is 65.0 cm³/mol. The van der Waals surface area contributed by atoms with Crippen LogP contribution < -0.4 is 5.73 Å². The van der Waals surface area contributed by atoms with Crippen molar-refractivity contribution in [3.8, 4) is 0 Å². The number of alkyl halides is 3. The Kier molecular flexibility index (Phi) is 3.18. The summed E-state index contributed by atoms with van der Waals surface area (Å²) in [5.41, 5.74) is 6.65. The molecular weight excluding hydrogens is 239 g/mol. The van der Waals surface area contributed by atoms with Gasteiger partial charge in [-0.15, -0.1) is 0 Å². The van der Waals surface area contributed by atoms with Crippen molar-refractivity contribution in [1.29, 1.82) is 0 Å². The first-order valence-electron chi connectivity index (χ1n) is 6.12. The molecule has 2 unspecified atom stereocenters. The zero-order valence-corrected chi connectivity index (χ0v) is 10.6. The molecule has 1 fully saturated rings. The molecule has 0 heterocycles. The van der Waals surface area contributed by atoms with Gasteiger partial charge in [0.15, 0.2) is 0 Å². The van der Waals surface area contributed by atoms with Crippen LogP contribution in [-0.4, -0.2) is 6.04 Å². The summed E-state index contributed by atoms with van der Waals surface area (Å²) < 4.78 is 37.2. The Balaban J connectivity index is 1.99. The van der Waals surface area contributed by atoms with Crippen LogP contribution >= 0.6 is 0 Å². The van der Waals surface area contributed by atoms with Crippen molar-refractivity contribution in [1.82, 2.24) is 0 Å². The van der Waals surface area contributed by atoms with Gasteiger partial charge in [-0.3, -0.25) is 0 Å². The molecule has 1 saturated carbocycles. The summed E-state index contributed by atoms with van der Waals surface area (Å²) in [6.45, 7) is 4.34. The third-order valence-electron chi connectivity index (χ3n) is 3.86. The van der Waals surface area contributed by atoms with Crippen LogP contribution in [-0.2, 0) is 12.6 Å². The van der Waals surface area contributed by atoms with Crippen molar-refractivity contribution < 1.29 is 13.2 Å². The Labute approximate surface area is 105 Å². The van der Waals surface area contributed by atoms with Crippen LogP contribution in [0.4, 0.5) is 13.2 Å². The Bertz CT molecular complexity index is 420. The smallest absolute Gasteiger partial charge is 0.327 e. The van der Waals surface area contributed by atoms with E-state index in [0.29, 0.717) is 17.8 Å². The summed E-state index contributed by atoms with van der Waals surface area (Å²) in [7, 11) is 0. The zero-order chi connectivity index (χ0) is 13.6. The molecule has 0 radical (unpaired) electrons. The lowest BCUT2D eigenvalue weighted by Gasteiger charge is -2.14. The van der Waals surface area contributed by atoms with Crippen molar-refractivity contribution in [3.63, 3.8) is 0 Å². The van der Waals surface area contributed by atoms with E-state index in [0.717, 1.165) is 24.1 Å². The van der Waals surface area contributed by atoms with Crippen molar-refractivity contribution in [3.05, 3.63) is 35.4 Å².